The Kier molecular flexibility index (Phi) is 7.39. The smallest absolute Gasteiger partial charge is 0.253 e. The number of fused-ring (bicyclic) bond motifs is 7. The molecular formula is C64H37BN4. The van der Waals surface area contributed by atoms with Gasteiger partial charge in [0.1, 0.15) is 0 Å². The molecule has 1 aromatic heterocycles. The van der Waals surface area contributed by atoms with Gasteiger partial charge >= 0.3 is 0 Å². The maximum atomic E-state index is 5.53. The summed E-state index contributed by atoms with van der Waals surface area (Å²) >= 11 is 0. The highest BCUT2D eigenvalue weighted by Gasteiger charge is 2.46. The van der Waals surface area contributed by atoms with Crippen molar-refractivity contribution < 1.29 is 0 Å². The van der Waals surface area contributed by atoms with Crippen LogP contribution in [-0.4, -0.2) is 16.7 Å². The van der Waals surface area contributed by atoms with Crippen molar-refractivity contribution >= 4 is 133 Å². The van der Waals surface area contributed by atoms with E-state index in [1.807, 2.05) is 6.07 Å². The third-order valence-corrected chi connectivity index (χ3v) is 15.2. The lowest BCUT2D eigenvalue weighted by Crippen LogP contribution is -2.61. The maximum absolute atomic E-state index is 5.53. The van der Waals surface area contributed by atoms with Crippen molar-refractivity contribution in [3.63, 3.8) is 0 Å². The molecule has 69 heavy (non-hydrogen) atoms. The summed E-state index contributed by atoms with van der Waals surface area (Å²) in [6.07, 6.45) is 0. The third kappa shape index (κ3) is 5.08. The zero-order valence-electron chi connectivity index (χ0n) is 37.2. The predicted octanol–water partition coefficient (Wildman–Crippen LogP) is 14.8. The zero-order chi connectivity index (χ0) is 44.9. The van der Waals surface area contributed by atoms with Crippen molar-refractivity contribution in [2.24, 2.45) is 0 Å². The van der Waals surface area contributed by atoms with Gasteiger partial charge in [0.05, 0.1) is 11.2 Å². The van der Waals surface area contributed by atoms with E-state index >= 15 is 0 Å². The van der Waals surface area contributed by atoms with Crippen molar-refractivity contribution in [3.05, 3.63) is 224 Å². The van der Waals surface area contributed by atoms with Gasteiger partial charge < -0.3 is 9.80 Å². The Labute approximate surface area is 397 Å². The van der Waals surface area contributed by atoms with Gasteiger partial charge in [-0.3, -0.25) is 0 Å². The summed E-state index contributed by atoms with van der Waals surface area (Å²) in [5, 5.41) is 16.4. The summed E-state index contributed by atoms with van der Waals surface area (Å²) in [5.41, 5.74) is 14.6. The van der Waals surface area contributed by atoms with Crippen LogP contribution in [-0.2, 0) is 0 Å². The van der Waals surface area contributed by atoms with Gasteiger partial charge in [-0.2, -0.15) is 0 Å². The average molecular weight is 873 g/mol. The molecule has 0 bridgehead atoms. The molecule has 316 valence electrons. The Morgan fingerprint density at radius 1 is 0.304 bits per heavy atom. The lowest BCUT2D eigenvalue weighted by molar-refractivity contribution is 1.22. The van der Waals surface area contributed by atoms with Crippen LogP contribution < -0.4 is 26.2 Å². The first-order chi connectivity index (χ1) is 34.2. The third-order valence-electron chi connectivity index (χ3n) is 15.2. The van der Waals surface area contributed by atoms with E-state index in [1.165, 1.54) is 92.4 Å². The predicted molar refractivity (Wildman–Crippen MR) is 292 cm³/mol. The maximum Gasteiger partial charge on any atom is 0.253 e. The van der Waals surface area contributed by atoms with Crippen LogP contribution in [0.25, 0.3) is 98.2 Å². The molecule has 0 saturated heterocycles. The summed E-state index contributed by atoms with van der Waals surface area (Å²) in [4.78, 5) is 15.8. The fourth-order valence-corrected chi connectivity index (χ4v) is 12.5. The van der Waals surface area contributed by atoms with Gasteiger partial charge in [0.25, 0.3) is 6.71 Å². The molecule has 16 rings (SSSR count). The molecular weight excluding hydrogens is 836 g/mol. The summed E-state index contributed by atoms with van der Waals surface area (Å²) < 4.78 is 0. The topological polar surface area (TPSA) is 32.3 Å². The number of aromatic nitrogens is 2. The summed E-state index contributed by atoms with van der Waals surface area (Å²) in [5.74, 6) is 0.706. The Morgan fingerprint density at radius 3 is 1.29 bits per heavy atom. The van der Waals surface area contributed by atoms with Gasteiger partial charge in [0.2, 0.25) is 0 Å². The second kappa shape index (κ2) is 13.8. The lowest BCUT2D eigenvalue weighted by atomic mass is 9.32. The molecule has 0 amide bonds. The molecule has 0 aliphatic carbocycles. The van der Waals surface area contributed by atoms with Crippen LogP contribution in [0.5, 0.6) is 0 Å². The number of rotatable bonds is 4. The molecule has 0 atom stereocenters. The van der Waals surface area contributed by atoms with E-state index < -0.39 is 0 Å². The Hall–Kier alpha value is -9.06. The molecule has 3 heterocycles. The zero-order valence-corrected chi connectivity index (χ0v) is 37.2. The lowest BCUT2D eigenvalue weighted by Gasteiger charge is -2.45. The highest BCUT2D eigenvalue weighted by molar-refractivity contribution is 7.03. The number of hydrogen-bond acceptors (Lipinski definition) is 4. The van der Waals surface area contributed by atoms with Crippen LogP contribution in [0, 0.1) is 0 Å². The molecule has 2 aliphatic heterocycles. The van der Waals surface area contributed by atoms with Gasteiger partial charge in [-0.25, -0.2) is 9.97 Å². The molecule has 13 aromatic carbocycles. The van der Waals surface area contributed by atoms with Crippen LogP contribution >= 0.6 is 0 Å². The second-order valence-corrected chi connectivity index (χ2v) is 18.8. The molecule has 0 spiro atoms. The minimum absolute atomic E-state index is 0.134. The van der Waals surface area contributed by atoms with Crippen molar-refractivity contribution in [1.82, 2.24) is 9.97 Å². The molecule has 0 saturated carbocycles. The molecule has 2 aliphatic rings. The summed E-state index contributed by atoms with van der Waals surface area (Å²) in [6.45, 7) is -0.134. The van der Waals surface area contributed by atoms with E-state index in [4.69, 9.17) is 9.97 Å². The van der Waals surface area contributed by atoms with E-state index in [1.54, 1.807) is 0 Å². The standard InChI is InChI=1S/C64H37BN4/c1-4-14-42(15-5-1)64-66-51-25-11-10-24-48(51)63(67-64)45-36-54-62-55(37-45)69(47-22-8-3-9-23-47)53-35-44-29-27-39-17-13-19-41-31-33-50(59(44)57(39)41)61(53)65(62)60-49-32-30-40-18-12-16-38-26-28-43(58(49)56(38)40)34-52(60)68(54)46-20-6-2-7-21-46/h1-37H. The van der Waals surface area contributed by atoms with Crippen LogP contribution in [0.15, 0.2) is 224 Å². The van der Waals surface area contributed by atoms with Gasteiger partial charge in [-0.15, -0.1) is 0 Å². The van der Waals surface area contributed by atoms with Crippen LogP contribution in [0.4, 0.5) is 34.1 Å². The van der Waals surface area contributed by atoms with Crippen molar-refractivity contribution in [1.29, 1.82) is 0 Å². The number of nitrogens with zero attached hydrogens (tertiary/aromatic N) is 4. The minimum Gasteiger partial charge on any atom is -0.311 e. The molecule has 14 aromatic rings. The largest absolute Gasteiger partial charge is 0.311 e. The number of hydrogen-bond donors (Lipinski definition) is 0. The monoisotopic (exact) mass is 872 g/mol. The van der Waals surface area contributed by atoms with Gasteiger partial charge in [-0.1, -0.05) is 170 Å². The fraction of sp³-hybridized carbons (Fsp3) is 0. The van der Waals surface area contributed by atoms with Crippen LogP contribution in [0.3, 0.4) is 0 Å². The van der Waals surface area contributed by atoms with Crippen molar-refractivity contribution in [2.75, 3.05) is 9.80 Å². The Bertz CT molecular complexity index is 4190. The van der Waals surface area contributed by atoms with Gasteiger partial charge in [0.15, 0.2) is 5.82 Å². The van der Waals surface area contributed by atoms with Crippen LogP contribution in [0.1, 0.15) is 0 Å². The number of para-hydroxylation sites is 3. The molecule has 0 unspecified atom stereocenters. The fourth-order valence-electron chi connectivity index (χ4n) is 12.5. The first-order valence-electron chi connectivity index (χ1n) is 23.9. The van der Waals surface area contributed by atoms with Crippen molar-refractivity contribution in [2.45, 2.75) is 0 Å². The van der Waals surface area contributed by atoms with Gasteiger partial charge in [0, 0.05) is 50.6 Å². The van der Waals surface area contributed by atoms with E-state index in [0.29, 0.717) is 5.82 Å². The highest BCUT2D eigenvalue weighted by Crippen LogP contribution is 2.50. The molecule has 4 nitrogen and oxygen atoms in total. The first kappa shape index (κ1) is 37.1. The van der Waals surface area contributed by atoms with E-state index in [9.17, 15) is 0 Å². The normalized spacial score (nSPS) is 13.1. The quantitative estimate of drug-likeness (QED) is 0.130. The molecule has 5 heteroatoms. The van der Waals surface area contributed by atoms with E-state index in [-0.39, 0.29) is 6.71 Å². The Morgan fingerprint density at radius 2 is 0.754 bits per heavy atom. The summed E-state index contributed by atoms with van der Waals surface area (Å²) in [6, 6.07) is 82.9. The first-order valence-corrected chi connectivity index (χ1v) is 23.9. The number of benzene rings is 13. The minimum atomic E-state index is -0.134. The van der Waals surface area contributed by atoms with E-state index in [2.05, 4.69) is 228 Å². The SMILES string of the molecule is c1ccc(-c2nc(-c3cc4c5c(c3)N(c3ccccc3)c3cc6ccc7cccc8ccc(c3B5c3c(cc5ccc9cccc%10ccc3c5c9%10)N4c3ccccc3)c6c78)c3ccccc3n2)cc1. The second-order valence-electron chi connectivity index (χ2n) is 18.8. The Balaban J connectivity index is 1.12. The average Bonchev–Trinajstić information content (AvgIpc) is 3.41. The molecule has 0 radical (unpaired) electrons. The van der Waals surface area contributed by atoms with Gasteiger partial charge in [-0.05, 0) is 136 Å². The van der Waals surface area contributed by atoms with E-state index in [0.717, 1.165) is 50.5 Å². The number of anilines is 6. The van der Waals surface area contributed by atoms with Crippen molar-refractivity contribution in [3.8, 4) is 22.6 Å². The molecule has 0 N–H and O–H groups in total. The summed E-state index contributed by atoms with van der Waals surface area (Å²) in [7, 11) is 0. The molecule has 0 fully saturated rings. The highest BCUT2D eigenvalue weighted by atomic mass is 15.2. The van der Waals surface area contributed by atoms with Crippen LogP contribution in [0.2, 0.25) is 0 Å².